The number of hydrogen-bond donors (Lipinski definition) is 0. The van der Waals surface area contributed by atoms with Gasteiger partial charge in [-0.3, -0.25) is 4.90 Å². The van der Waals surface area contributed by atoms with Crippen molar-refractivity contribution in [3.63, 3.8) is 0 Å². The van der Waals surface area contributed by atoms with Crippen molar-refractivity contribution in [2.24, 2.45) is 0 Å². The summed E-state index contributed by atoms with van der Waals surface area (Å²) in [5.74, 6) is 0. The fraction of sp³-hybridized carbons (Fsp3) is 0.300. The van der Waals surface area contributed by atoms with Gasteiger partial charge in [-0.15, -0.1) is 0 Å². The summed E-state index contributed by atoms with van der Waals surface area (Å²) in [5, 5.41) is 5.73. The fourth-order valence-electron chi connectivity index (χ4n) is 4.78. The summed E-state index contributed by atoms with van der Waals surface area (Å²) in [7, 11) is 0. The second-order valence-electron chi connectivity index (χ2n) is 9.48. The van der Waals surface area contributed by atoms with Crippen LogP contribution in [0, 0.1) is 13.8 Å². The van der Waals surface area contributed by atoms with E-state index in [-0.39, 0.29) is 0 Å². The van der Waals surface area contributed by atoms with E-state index in [1.807, 2.05) is 18.2 Å². The van der Waals surface area contributed by atoms with Crippen molar-refractivity contribution < 1.29 is 0 Å². The van der Waals surface area contributed by atoms with E-state index in [0.29, 0.717) is 0 Å². The first-order chi connectivity index (χ1) is 17.1. The van der Waals surface area contributed by atoms with Crippen LogP contribution in [-0.4, -0.2) is 47.4 Å². The second kappa shape index (κ2) is 10.7. The molecule has 180 valence electrons. The zero-order valence-electron chi connectivity index (χ0n) is 20.6. The highest BCUT2D eigenvalue weighted by molar-refractivity contribution is 6.30. The Kier molecular flexibility index (Phi) is 7.21. The Labute approximate surface area is 213 Å². The molecule has 4 nitrogen and oxygen atoms in total. The molecule has 0 radical (unpaired) electrons. The van der Waals surface area contributed by atoms with Crippen LogP contribution in [0.4, 0.5) is 5.69 Å². The number of hydrogen-bond acceptors (Lipinski definition) is 3. The van der Waals surface area contributed by atoms with Crippen LogP contribution in [0.1, 0.15) is 23.2 Å². The minimum atomic E-state index is 0.748. The standard InChI is InChI=1S/C30H33ClN4/c1-23-10-15-29(21-24(23)2)34-19-17-33(18-20-34)16-6-7-27-22-30(25-11-13-26(31)14-12-25)35(32-27)28-8-4-3-5-9-28/h3-5,8-15,21-22H,6-7,16-20H2,1-2H3. The van der Waals surface area contributed by atoms with Crippen LogP contribution in [0.5, 0.6) is 0 Å². The highest BCUT2D eigenvalue weighted by Crippen LogP contribution is 2.26. The van der Waals surface area contributed by atoms with Gasteiger partial charge in [-0.05, 0) is 86.8 Å². The first-order valence-electron chi connectivity index (χ1n) is 12.5. The van der Waals surface area contributed by atoms with Gasteiger partial charge in [-0.1, -0.05) is 48.0 Å². The lowest BCUT2D eigenvalue weighted by molar-refractivity contribution is 0.255. The molecule has 1 aliphatic heterocycles. The normalized spacial score (nSPS) is 14.4. The van der Waals surface area contributed by atoms with Crippen molar-refractivity contribution in [2.75, 3.05) is 37.6 Å². The van der Waals surface area contributed by atoms with E-state index in [1.165, 1.54) is 16.8 Å². The van der Waals surface area contributed by atoms with Crippen LogP contribution in [0.15, 0.2) is 78.9 Å². The summed E-state index contributed by atoms with van der Waals surface area (Å²) in [6.45, 7) is 9.89. The van der Waals surface area contributed by atoms with E-state index >= 15 is 0 Å². The molecule has 1 aliphatic rings. The van der Waals surface area contributed by atoms with Gasteiger partial charge in [0.15, 0.2) is 0 Å². The van der Waals surface area contributed by atoms with Crippen LogP contribution in [0.2, 0.25) is 5.02 Å². The van der Waals surface area contributed by atoms with Crippen molar-refractivity contribution in [3.8, 4) is 16.9 Å². The van der Waals surface area contributed by atoms with Gasteiger partial charge in [-0.25, -0.2) is 4.68 Å². The lowest BCUT2D eigenvalue weighted by Gasteiger charge is -2.36. The minimum Gasteiger partial charge on any atom is -0.369 e. The Morgan fingerprint density at radius 2 is 1.51 bits per heavy atom. The second-order valence-corrected chi connectivity index (χ2v) is 9.91. The van der Waals surface area contributed by atoms with Crippen molar-refractivity contribution in [1.82, 2.24) is 14.7 Å². The molecule has 0 atom stereocenters. The van der Waals surface area contributed by atoms with E-state index < -0.39 is 0 Å². The van der Waals surface area contributed by atoms with E-state index in [0.717, 1.165) is 73.2 Å². The van der Waals surface area contributed by atoms with Gasteiger partial charge in [0.25, 0.3) is 0 Å². The highest BCUT2D eigenvalue weighted by atomic mass is 35.5. The molecule has 5 rings (SSSR count). The van der Waals surface area contributed by atoms with E-state index in [9.17, 15) is 0 Å². The molecular weight excluding hydrogens is 452 g/mol. The number of halogens is 1. The fourth-order valence-corrected chi connectivity index (χ4v) is 4.91. The predicted molar refractivity (Wildman–Crippen MR) is 147 cm³/mol. The molecular formula is C30H33ClN4. The molecule has 0 saturated carbocycles. The van der Waals surface area contributed by atoms with Crippen LogP contribution in [-0.2, 0) is 6.42 Å². The Morgan fingerprint density at radius 3 is 2.23 bits per heavy atom. The van der Waals surface area contributed by atoms with Crippen LogP contribution < -0.4 is 4.90 Å². The Bertz CT molecular complexity index is 1260. The largest absolute Gasteiger partial charge is 0.369 e. The third kappa shape index (κ3) is 5.61. The van der Waals surface area contributed by atoms with Gasteiger partial charge < -0.3 is 4.90 Å². The van der Waals surface area contributed by atoms with Crippen molar-refractivity contribution in [1.29, 1.82) is 0 Å². The van der Waals surface area contributed by atoms with E-state index in [4.69, 9.17) is 16.7 Å². The van der Waals surface area contributed by atoms with Gasteiger partial charge >= 0.3 is 0 Å². The molecule has 1 saturated heterocycles. The van der Waals surface area contributed by atoms with Gasteiger partial charge in [0, 0.05) is 42.5 Å². The third-order valence-electron chi connectivity index (χ3n) is 7.04. The predicted octanol–water partition coefficient (Wildman–Crippen LogP) is 6.56. The molecule has 0 spiro atoms. The first-order valence-corrected chi connectivity index (χ1v) is 12.9. The molecule has 0 N–H and O–H groups in total. The van der Waals surface area contributed by atoms with Gasteiger partial charge in [0.05, 0.1) is 17.1 Å². The molecule has 3 aromatic carbocycles. The van der Waals surface area contributed by atoms with Gasteiger partial charge in [0.1, 0.15) is 0 Å². The number of anilines is 1. The quantitative estimate of drug-likeness (QED) is 0.296. The zero-order valence-corrected chi connectivity index (χ0v) is 21.4. The smallest absolute Gasteiger partial charge is 0.0743 e. The lowest BCUT2D eigenvalue weighted by Crippen LogP contribution is -2.46. The molecule has 1 fully saturated rings. The molecule has 0 bridgehead atoms. The Morgan fingerprint density at radius 1 is 0.771 bits per heavy atom. The molecule has 2 heterocycles. The SMILES string of the molecule is Cc1ccc(N2CCN(CCCc3cc(-c4ccc(Cl)cc4)n(-c4ccccc4)n3)CC2)cc1C. The number of piperazine rings is 1. The van der Waals surface area contributed by atoms with Crippen molar-refractivity contribution in [2.45, 2.75) is 26.7 Å². The van der Waals surface area contributed by atoms with Crippen LogP contribution >= 0.6 is 11.6 Å². The monoisotopic (exact) mass is 484 g/mol. The number of nitrogens with zero attached hydrogens (tertiary/aromatic N) is 4. The summed E-state index contributed by atoms with van der Waals surface area (Å²) in [5.41, 5.74) is 8.52. The molecule has 0 unspecified atom stereocenters. The molecule has 35 heavy (non-hydrogen) atoms. The number of aryl methyl sites for hydroxylation is 3. The molecule has 1 aromatic heterocycles. The van der Waals surface area contributed by atoms with Crippen LogP contribution in [0.3, 0.4) is 0 Å². The van der Waals surface area contributed by atoms with Gasteiger partial charge in [-0.2, -0.15) is 5.10 Å². The van der Waals surface area contributed by atoms with E-state index in [1.54, 1.807) is 0 Å². The number of rotatable bonds is 7. The summed E-state index contributed by atoms with van der Waals surface area (Å²) in [4.78, 5) is 5.11. The first kappa shape index (κ1) is 23.7. The van der Waals surface area contributed by atoms with E-state index in [2.05, 4.69) is 89.0 Å². The Hall–Kier alpha value is -3.08. The molecule has 0 aliphatic carbocycles. The minimum absolute atomic E-state index is 0.748. The maximum absolute atomic E-state index is 6.13. The van der Waals surface area contributed by atoms with Gasteiger partial charge in [0.2, 0.25) is 0 Å². The maximum atomic E-state index is 6.13. The third-order valence-corrected chi connectivity index (χ3v) is 7.29. The maximum Gasteiger partial charge on any atom is 0.0743 e. The van der Waals surface area contributed by atoms with Crippen molar-refractivity contribution in [3.05, 3.63) is 101 Å². The number of benzene rings is 3. The van der Waals surface area contributed by atoms with Crippen molar-refractivity contribution >= 4 is 17.3 Å². The summed E-state index contributed by atoms with van der Waals surface area (Å²) in [6.07, 6.45) is 2.08. The number of aromatic nitrogens is 2. The number of para-hydroxylation sites is 1. The topological polar surface area (TPSA) is 24.3 Å². The summed E-state index contributed by atoms with van der Waals surface area (Å²) < 4.78 is 2.06. The average Bonchev–Trinajstić information content (AvgIpc) is 3.31. The zero-order chi connectivity index (χ0) is 24.2. The molecule has 4 aromatic rings. The average molecular weight is 485 g/mol. The Balaban J connectivity index is 1.21. The summed E-state index contributed by atoms with van der Waals surface area (Å²) >= 11 is 6.13. The highest BCUT2D eigenvalue weighted by Gasteiger charge is 2.18. The summed E-state index contributed by atoms with van der Waals surface area (Å²) in [6, 6.07) is 27.4. The molecule has 5 heteroatoms. The molecule has 0 amide bonds. The lowest BCUT2D eigenvalue weighted by atomic mass is 10.1. The van der Waals surface area contributed by atoms with Crippen LogP contribution in [0.25, 0.3) is 16.9 Å².